The predicted octanol–water partition coefficient (Wildman–Crippen LogP) is 6.00. The molecule has 0 spiro atoms. The van der Waals surface area contributed by atoms with Crippen LogP contribution in [0.3, 0.4) is 0 Å². The molecule has 0 aliphatic carbocycles. The zero-order chi connectivity index (χ0) is 21.1. The maximum atomic E-state index is 13.4. The van der Waals surface area contributed by atoms with Gasteiger partial charge < -0.3 is 10.2 Å². The van der Waals surface area contributed by atoms with Crippen molar-refractivity contribution in [3.05, 3.63) is 88.5 Å². The number of rotatable bonds is 5. The molecule has 4 nitrogen and oxygen atoms in total. The van der Waals surface area contributed by atoms with Gasteiger partial charge in [-0.3, -0.25) is 4.79 Å². The Morgan fingerprint density at radius 3 is 2.60 bits per heavy atom. The van der Waals surface area contributed by atoms with E-state index in [0.29, 0.717) is 11.7 Å². The standard InChI is InChI=1S/C24H23ClFN3O/c1-16-23(28-20-5-3-2-4-6-20)21(14-27-24(16)25)22-13-18(11-12-29(22)15-30)17-7-9-19(26)10-8-17/h2-10,14-15,18,22H,11-13H2,1H3,(H,27,28). The van der Waals surface area contributed by atoms with Crippen molar-refractivity contribution in [3.63, 3.8) is 0 Å². The molecule has 0 radical (unpaired) electrons. The molecule has 1 aliphatic heterocycles. The van der Waals surface area contributed by atoms with Crippen LogP contribution in [0.5, 0.6) is 0 Å². The lowest BCUT2D eigenvalue weighted by atomic mass is 9.82. The zero-order valence-electron chi connectivity index (χ0n) is 16.7. The number of amides is 1. The lowest BCUT2D eigenvalue weighted by Crippen LogP contribution is -2.35. The molecule has 4 rings (SSSR count). The van der Waals surface area contributed by atoms with Gasteiger partial charge in [0.1, 0.15) is 11.0 Å². The van der Waals surface area contributed by atoms with E-state index in [-0.39, 0.29) is 17.8 Å². The number of halogens is 2. The summed E-state index contributed by atoms with van der Waals surface area (Å²) in [7, 11) is 0. The summed E-state index contributed by atoms with van der Waals surface area (Å²) in [5, 5.41) is 3.90. The number of hydrogen-bond acceptors (Lipinski definition) is 3. The molecule has 30 heavy (non-hydrogen) atoms. The summed E-state index contributed by atoms with van der Waals surface area (Å²) in [5.41, 5.74) is 4.67. The lowest BCUT2D eigenvalue weighted by Gasteiger charge is -2.38. The average molecular weight is 424 g/mol. The molecule has 0 saturated carbocycles. The topological polar surface area (TPSA) is 45.2 Å². The maximum absolute atomic E-state index is 13.4. The third kappa shape index (κ3) is 4.17. The summed E-state index contributed by atoms with van der Waals surface area (Å²) in [6, 6.07) is 16.4. The van der Waals surface area contributed by atoms with Crippen LogP contribution in [0.1, 0.15) is 41.5 Å². The minimum Gasteiger partial charge on any atom is -0.355 e. The fraction of sp³-hybridized carbons (Fsp3) is 0.250. The van der Waals surface area contributed by atoms with Gasteiger partial charge in [0.2, 0.25) is 6.41 Å². The average Bonchev–Trinajstić information content (AvgIpc) is 2.78. The van der Waals surface area contributed by atoms with Crippen LogP contribution < -0.4 is 5.32 Å². The summed E-state index contributed by atoms with van der Waals surface area (Å²) in [5.74, 6) is -0.0140. The van der Waals surface area contributed by atoms with Crippen LogP contribution in [0.15, 0.2) is 60.8 Å². The molecule has 0 bridgehead atoms. The number of piperidine rings is 1. The van der Waals surface area contributed by atoms with Crippen LogP contribution in [-0.2, 0) is 4.79 Å². The van der Waals surface area contributed by atoms with Gasteiger partial charge in [-0.15, -0.1) is 0 Å². The van der Waals surface area contributed by atoms with E-state index < -0.39 is 0 Å². The Balaban J connectivity index is 1.71. The summed E-state index contributed by atoms with van der Waals surface area (Å²) in [6.45, 7) is 2.55. The third-order valence-electron chi connectivity index (χ3n) is 5.81. The molecule has 2 aromatic carbocycles. The molecular formula is C24H23ClFN3O. The van der Waals surface area contributed by atoms with Crippen LogP contribution in [-0.4, -0.2) is 22.8 Å². The molecule has 2 unspecified atom stereocenters. The Morgan fingerprint density at radius 2 is 1.90 bits per heavy atom. The fourth-order valence-corrected chi connectivity index (χ4v) is 4.29. The second-order valence-electron chi connectivity index (χ2n) is 7.63. The predicted molar refractivity (Wildman–Crippen MR) is 118 cm³/mol. The van der Waals surface area contributed by atoms with Gasteiger partial charge in [0.15, 0.2) is 0 Å². The third-order valence-corrected chi connectivity index (χ3v) is 6.19. The minimum absolute atomic E-state index is 0.152. The van der Waals surface area contributed by atoms with Crippen molar-refractivity contribution in [2.75, 3.05) is 11.9 Å². The van der Waals surface area contributed by atoms with E-state index in [2.05, 4.69) is 10.3 Å². The van der Waals surface area contributed by atoms with Gasteiger partial charge in [-0.2, -0.15) is 0 Å². The number of carbonyl (C=O) groups is 1. The number of carbonyl (C=O) groups excluding carboxylic acids is 1. The maximum Gasteiger partial charge on any atom is 0.210 e. The number of likely N-dealkylation sites (tertiary alicyclic amines) is 1. The first-order chi connectivity index (χ1) is 14.6. The fourth-order valence-electron chi connectivity index (χ4n) is 4.14. The largest absolute Gasteiger partial charge is 0.355 e. The van der Waals surface area contributed by atoms with Crippen LogP contribution in [0, 0.1) is 12.7 Å². The molecule has 2 atom stereocenters. The SMILES string of the molecule is Cc1c(Cl)ncc(C2CC(c3ccc(F)cc3)CCN2C=O)c1Nc1ccccc1. The van der Waals surface area contributed by atoms with E-state index in [1.165, 1.54) is 12.1 Å². The number of anilines is 2. The molecule has 3 aromatic rings. The summed E-state index contributed by atoms with van der Waals surface area (Å²) < 4.78 is 13.4. The summed E-state index contributed by atoms with van der Waals surface area (Å²) in [6.07, 6.45) is 4.23. The number of benzene rings is 2. The lowest BCUT2D eigenvalue weighted by molar-refractivity contribution is -0.121. The first-order valence-electron chi connectivity index (χ1n) is 10.0. The monoisotopic (exact) mass is 423 g/mol. The highest BCUT2D eigenvalue weighted by Crippen LogP contribution is 2.43. The van der Waals surface area contributed by atoms with Gasteiger partial charge in [-0.05, 0) is 55.5 Å². The van der Waals surface area contributed by atoms with E-state index in [1.807, 2.05) is 54.3 Å². The van der Waals surface area contributed by atoms with Gasteiger partial charge in [0.25, 0.3) is 0 Å². The highest BCUT2D eigenvalue weighted by molar-refractivity contribution is 6.30. The Hall–Kier alpha value is -2.92. The molecule has 1 aliphatic rings. The number of hydrogen-bond donors (Lipinski definition) is 1. The second-order valence-corrected chi connectivity index (χ2v) is 7.99. The van der Waals surface area contributed by atoms with E-state index in [9.17, 15) is 9.18 Å². The molecule has 2 heterocycles. The molecule has 1 fully saturated rings. The van der Waals surface area contributed by atoms with Gasteiger partial charge in [0.05, 0.1) is 11.7 Å². The number of pyridine rings is 1. The van der Waals surface area contributed by atoms with Crippen molar-refractivity contribution < 1.29 is 9.18 Å². The molecule has 6 heteroatoms. The van der Waals surface area contributed by atoms with Crippen molar-refractivity contribution in [3.8, 4) is 0 Å². The second kappa shape index (κ2) is 8.84. The van der Waals surface area contributed by atoms with E-state index >= 15 is 0 Å². The zero-order valence-corrected chi connectivity index (χ0v) is 17.4. The first-order valence-corrected chi connectivity index (χ1v) is 10.4. The molecular weight excluding hydrogens is 401 g/mol. The van der Waals surface area contributed by atoms with Crippen molar-refractivity contribution in [2.24, 2.45) is 0 Å². The quantitative estimate of drug-likeness (QED) is 0.404. The van der Waals surface area contributed by atoms with Crippen LogP contribution in [0.2, 0.25) is 5.15 Å². The molecule has 1 N–H and O–H groups in total. The molecule has 154 valence electrons. The van der Waals surface area contributed by atoms with Crippen LogP contribution in [0.4, 0.5) is 15.8 Å². The van der Waals surface area contributed by atoms with Gasteiger partial charge in [-0.25, -0.2) is 9.37 Å². The molecule has 1 amide bonds. The van der Waals surface area contributed by atoms with Crippen molar-refractivity contribution in [2.45, 2.75) is 31.7 Å². The Kier molecular flexibility index (Phi) is 6.00. The first kappa shape index (κ1) is 20.4. The van der Waals surface area contributed by atoms with E-state index in [1.54, 1.807) is 6.20 Å². The number of nitrogens with one attached hydrogen (secondary N) is 1. The van der Waals surface area contributed by atoms with Crippen molar-refractivity contribution >= 4 is 29.4 Å². The Bertz CT molecular complexity index is 1030. The Morgan fingerprint density at radius 1 is 1.17 bits per heavy atom. The normalized spacial score (nSPS) is 18.8. The number of aromatic nitrogens is 1. The molecule has 1 saturated heterocycles. The van der Waals surface area contributed by atoms with Crippen LogP contribution >= 0.6 is 11.6 Å². The van der Waals surface area contributed by atoms with Crippen LogP contribution in [0.25, 0.3) is 0 Å². The highest BCUT2D eigenvalue weighted by atomic mass is 35.5. The molecule has 1 aromatic heterocycles. The Labute approximate surface area is 180 Å². The summed E-state index contributed by atoms with van der Waals surface area (Å²) >= 11 is 6.33. The van der Waals surface area contributed by atoms with Gasteiger partial charge in [0, 0.05) is 29.6 Å². The minimum atomic E-state index is -0.243. The number of para-hydroxylation sites is 1. The smallest absolute Gasteiger partial charge is 0.210 e. The van der Waals surface area contributed by atoms with Crippen molar-refractivity contribution in [1.29, 1.82) is 0 Å². The van der Waals surface area contributed by atoms with E-state index in [0.717, 1.165) is 47.3 Å². The highest BCUT2D eigenvalue weighted by Gasteiger charge is 2.32. The van der Waals surface area contributed by atoms with E-state index in [4.69, 9.17) is 11.6 Å². The number of nitrogens with zero attached hydrogens (tertiary/aromatic N) is 2. The van der Waals surface area contributed by atoms with Gasteiger partial charge in [-0.1, -0.05) is 41.9 Å². The summed E-state index contributed by atoms with van der Waals surface area (Å²) in [4.78, 5) is 18.0. The van der Waals surface area contributed by atoms with Gasteiger partial charge >= 0.3 is 0 Å². The van der Waals surface area contributed by atoms with Crippen molar-refractivity contribution in [1.82, 2.24) is 9.88 Å².